The van der Waals surface area contributed by atoms with Crippen molar-refractivity contribution in [1.29, 1.82) is 0 Å². The maximum absolute atomic E-state index is 5.18. The third-order valence-corrected chi connectivity index (χ3v) is 2.69. The van der Waals surface area contributed by atoms with Crippen molar-refractivity contribution < 1.29 is 4.74 Å². The highest BCUT2D eigenvalue weighted by Crippen LogP contribution is 2.20. The van der Waals surface area contributed by atoms with Crippen molar-refractivity contribution in [2.24, 2.45) is 0 Å². The molecule has 0 saturated carbocycles. The van der Waals surface area contributed by atoms with Crippen LogP contribution in [0.15, 0.2) is 28.9 Å². The minimum absolute atomic E-state index is 0.0267. The van der Waals surface area contributed by atoms with Gasteiger partial charge in [0.05, 0.1) is 5.52 Å². The van der Waals surface area contributed by atoms with E-state index in [1.165, 1.54) is 0 Å². The quantitative estimate of drug-likeness (QED) is 0.824. The molecule has 74 valence electrons. The van der Waals surface area contributed by atoms with Crippen LogP contribution in [0.1, 0.15) is 13.2 Å². The van der Waals surface area contributed by atoms with Crippen molar-refractivity contribution >= 4 is 26.8 Å². The first kappa shape index (κ1) is 9.68. The van der Waals surface area contributed by atoms with Gasteiger partial charge in [-0.1, -0.05) is 15.9 Å². The van der Waals surface area contributed by atoms with E-state index in [0.29, 0.717) is 0 Å². The van der Waals surface area contributed by atoms with Gasteiger partial charge in [0.15, 0.2) is 0 Å². The fraction of sp³-hybridized carbons (Fsp3) is 0.300. The Bertz CT molecular complexity index is 452. The van der Waals surface area contributed by atoms with Crippen molar-refractivity contribution in [1.82, 2.24) is 9.78 Å². The molecule has 0 fully saturated rings. The molecule has 0 N–H and O–H groups in total. The summed E-state index contributed by atoms with van der Waals surface area (Å²) in [5.41, 5.74) is 0.983. The van der Waals surface area contributed by atoms with E-state index in [2.05, 4.69) is 21.0 Å². The van der Waals surface area contributed by atoms with Crippen LogP contribution in [0.5, 0.6) is 0 Å². The molecule has 0 spiro atoms. The first-order chi connectivity index (χ1) is 6.70. The van der Waals surface area contributed by atoms with Gasteiger partial charge >= 0.3 is 0 Å². The van der Waals surface area contributed by atoms with Gasteiger partial charge in [-0.3, -0.25) is 0 Å². The number of hydrogen-bond acceptors (Lipinski definition) is 2. The van der Waals surface area contributed by atoms with Crippen molar-refractivity contribution in [3.05, 3.63) is 28.9 Å². The third kappa shape index (κ3) is 1.67. The van der Waals surface area contributed by atoms with E-state index in [-0.39, 0.29) is 6.23 Å². The molecule has 0 aliphatic carbocycles. The van der Waals surface area contributed by atoms with Crippen LogP contribution in [0.4, 0.5) is 0 Å². The summed E-state index contributed by atoms with van der Waals surface area (Å²) >= 11 is 3.43. The highest BCUT2D eigenvalue weighted by Gasteiger charge is 2.05. The predicted octanol–water partition coefficient (Wildman–Crippen LogP) is 2.96. The minimum atomic E-state index is -0.0267. The van der Waals surface area contributed by atoms with Crippen molar-refractivity contribution in [2.75, 3.05) is 7.11 Å². The molecule has 0 radical (unpaired) electrons. The van der Waals surface area contributed by atoms with E-state index in [9.17, 15) is 0 Å². The van der Waals surface area contributed by atoms with E-state index in [4.69, 9.17) is 4.74 Å². The molecular weight excluding hydrogens is 244 g/mol. The van der Waals surface area contributed by atoms with Gasteiger partial charge in [0.1, 0.15) is 6.23 Å². The van der Waals surface area contributed by atoms with Crippen LogP contribution in [0, 0.1) is 0 Å². The molecule has 1 unspecified atom stereocenters. The Morgan fingerprint density at radius 3 is 3.00 bits per heavy atom. The first-order valence-corrected chi connectivity index (χ1v) is 5.17. The predicted molar refractivity (Wildman–Crippen MR) is 59.2 cm³/mol. The maximum Gasteiger partial charge on any atom is 0.147 e. The van der Waals surface area contributed by atoms with Crippen LogP contribution in [0.25, 0.3) is 10.9 Å². The van der Waals surface area contributed by atoms with Crippen LogP contribution in [-0.4, -0.2) is 16.9 Å². The Labute approximate surface area is 90.8 Å². The zero-order chi connectivity index (χ0) is 10.1. The number of methoxy groups -OCH3 is 1. The summed E-state index contributed by atoms with van der Waals surface area (Å²) in [7, 11) is 1.67. The molecule has 0 amide bonds. The Morgan fingerprint density at radius 1 is 1.50 bits per heavy atom. The maximum atomic E-state index is 5.18. The molecule has 1 heterocycles. The number of nitrogens with zero attached hydrogens (tertiary/aromatic N) is 2. The van der Waals surface area contributed by atoms with Crippen LogP contribution >= 0.6 is 15.9 Å². The highest BCUT2D eigenvalue weighted by molar-refractivity contribution is 9.10. The molecule has 1 aromatic carbocycles. The van der Waals surface area contributed by atoms with Gasteiger partial charge in [0.2, 0.25) is 0 Å². The molecule has 0 aliphatic heterocycles. The number of halogens is 1. The third-order valence-electron chi connectivity index (χ3n) is 2.20. The summed E-state index contributed by atoms with van der Waals surface area (Å²) in [4.78, 5) is 0. The molecule has 3 nitrogen and oxygen atoms in total. The Morgan fingerprint density at radius 2 is 2.29 bits per heavy atom. The lowest BCUT2D eigenvalue weighted by atomic mass is 10.3. The lowest BCUT2D eigenvalue weighted by molar-refractivity contribution is 0.0507. The molecule has 0 bridgehead atoms. The molecule has 0 aliphatic rings. The lowest BCUT2D eigenvalue weighted by Crippen LogP contribution is -2.06. The number of fused-ring (bicyclic) bond motifs is 1. The second-order valence-electron chi connectivity index (χ2n) is 3.15. The fourth-order valence-corrected chi connectivity index (χ4v) is 1.69. The van der Waals surface area contributed by atoms with Crippen molar-refractivity contribution in [3.8, 4) is 0 Å². The van der Waals surface area contributed by atoms with Gasteiger partial charge in [-0.25, -0.2) is 4.68 Å². The summed E-state index contributed by atoms with van der Waals surface area (Å²) in [6.45, 7) is 1.96. The Kier molecular flexibility index (Phi) is 2.56. The normalized spacial score (nSPS) is 13.4. The van der Waals surface area contributed by atoms with Gasteiger partial charge in [-0.05, 0) is 25.1 Å². The molecule has 2 rings (SSSR count). The fourth-order valence-electron chi connectivity index (χ4n) is 1.31. The summed E-state index contributed by atoms with van der Waals surface area (Å²) in [6.07, 6.45) is 1.95. The van der Waals surface area contributed by atoms with Crippen molar-refractivity contribution in [2.45, 2.75) is 13.2 Å². The van der Waals surface area contributed by atoms with Crippen LogP contribution < -0.4 is 0 Å². The SMILES string of the molecule is COC(C)n1cc2cc(Br)ccc2n1. The molecule has 4 heteroatoms. The average Bonchev–Trinajstić information content (AvgIpc) is 2.59. The van der Waals surface area contributed by atoms with E-state index in [1.54, 1.807) is 7.11 Å². The molecule has 2 aromatic rings. The summed E-state index contributed by atoms with van der Waals surface area (Å²) < 4.78 is 8.07. The second-order valence-corrected chi connectivity index (χ2v) is 4.06. The Balaban J connectivity index is 2.51. The molecule has 14 heavy (non-hydrogen) atoms. The zero-order valence-corrected chi connectivity index (χ0v) is 9.65. The van der Waals surface area contributed by atoms with Crippen LogP contribution in [0.2, 0.25) is 0 Å². The Hall–Kier alpha value is -0.870. The van der Waals surface area contributed by atoms with Gasteiger partial charge < -0.3 is 4.74 Å². The monoisotopic (exact) mass is 254 g/mol. The second kappa shape index (κ2) is 3.71. The number of rotatable bonds is 2. The number of aromatic nitrogens is 2. The number of benzene rings is 1. The summed E-state index contributed by atoms with van der Waals surface area (Å²) in [5, 5.41) is 5.51. The smallest absolute Gasteiger partial charge is 0.147 e. The van der Waals surface area contributed by atoms with E-state index >= 15 is 0 Å². The molecular formula is C10H11BrN2O. The topological polar surface area (TPSA) is 27.1 Å². The van der Waals surface area contributed by atoms with E-state index in [1.807, 2.05) is 36.0 Å². The highest BCUT2D eigenvalue weighted by atomic mass is 79.9. The molecule has 1 atom stereocenters. The van der Waals surface area contributed by atoms with Gasteiger partial charge in [-0.2, -0.15) is 5.10 Å². The van der Waals surface area contributed by atoms with Gasteiger partial charge in [0, 0.05) is 23.2 Å². The average molecular weight is 255 g/mol. The van der Waals surface area contributed by atoms with E-state index in [0.717, 1.165) is 15.4 Å². The standard InChI is InChI=1S/C10H11BrN2O/c1-7(14-2)13-6-8-5-9(11)3-4-10(8)12-13/h3-7H,1-2H3. The van der Waals surface area contributed by atoms with Gasteiger partial charge in [-0.15, -0.1) is 0 Å². The van der Waals surface area contributed by atoms with E-state index < -0.39 is 0 Å². The van der Waals surface area contributed by atoms with Gasteiger partial charge in [0.25, 0.3) is 0 Å². The summed E-state index contributed by atoms with van der Waals surface area (Å²) in [5.74, 6) is 0. The van der Waals surface area contributed by atoms with Crippen LogP contribution in [-0.2, 0) is 4.74 Å². The van der Waals surface area contributed by atoms with Crippen molar-refractivity contribution in [3.63, 3.8) is 0 Å². The lowest BCUT2D eigenvalue weighted by Gasteiger charge is -2.08. The van der Waals surface area contributed by atoms with Crippen LogP contribution in [0.3, 0.4) is 0 Å². The largest absolute Gasteiger partial charge is 0.360 e. The minimum Gasteiger partial charge on any atom is -0.360 e. The molecule has 1 aromatic heterocycles. The number of ether oxygens (including phenoxy) is 1. The summed E-state index contributed by atoms with van der Waals surface area (Å²) in [6, 6.07) is 6.01. The molecule has 0 saturated heterocycles. The first-order valence-electron chi connectivity index (χ1n) is 4.38. The number of hydrogen-bond donors (Lipinski definition) is 0. The zero-order valence-electron chi connectivity index (χ0n) is 8.07.